The van der Waals surface area contributed by atoms with E-state index in [1.54, 1.807) is 41.3 Å². The highest BCUT2D eigenvalue weighted by Gasteiger charge is 2.32. The number of ether oxygens (including phenoxy) is 1. The number of halogens is 6. The van der Waals surface area contributed by atoms with Gasteiger partial charge in [-0.1, -0.05) is 54.6 Å². The third-order valence-electron chi connectivity index (χ3n) is 8.35. The molecule has 1 fully saturated rings. The molecular formula is C36H33F6N3O3. The van der Waals surface area contributed by atoms with E-state index in [-0.39, 0.29) is 23.6 Å². The number of benzene rings is 4. The van der Waals surface area contributed by atoms with Crippen molar-refractivity contribution in [3.05, 3.63) is 113 Å². The Hall–Kier alpha value is -4.84. The van der Waals surface area contributed by atoms with E-state index in [4.69, 9.17) is 4.74 Å². The van der Waals surface area contributed by atoms with Crippen molar-refractivity contribution < 1.29 is 40.7 Å². The summed E-state index contributed by atoms with van der Waals surface area (Å²) in [7, 11) is 3.34. The Balaban J connectivity index is 1.39. The first-order chi connectivity index (χ1) is 22.7. The zero-order valence-corrected chi connectivity index (χ0v) is 26.2. The minimum atomic E-state index is -4.49. The van der Waals surface area contributed by atoms with Gasteiger partial charge in [0.1, 0.15) is 11.8 Å². The van der Waals surface area contributed by atoms with Gasteiger partial charge in [0.05, 0.1) is 23.8 Å². The number of nitrogens with one attached hydrogen (secondary N) is 1. The Morgan fingerprint density at radius 1 is 0.708 bits per heavy atom. The van der Waals surface area contributed by atoms with Crippen LogP contribution in [0.3, 0.4) is 0 Å². The standard InChI is InChI=1S/C36H33F6N3O3/c1-44-17-19-45(20-18-44)34(47)31(21-23-3-5-24(6-4-23)25-7-12-28(13-8-25)35(37,38)39)43-33(46)30-22-27(11-16-32(30)48-2)26-9-14-29(15-10-26)36(40,41)42/h3-16,22,31H,17-21H2,1-2H3,(H,43,46). The molecule has 4 aromatic rings. The highest BCUT2D eigenvalue weighted by atomic mass is 19.4. The van der Waals surface area contributed by atoms with Crippen molar-refractivity contribution in [2.24, 2.45) is 0 Å². The van der Waals surface area contributed by atoms with Gasteiger partial charge in [0.15, 0.2) is 0 Å². The first kappa shape index (κ1) is 34.5. The van der Waals surface area contributed by atoms with Crippen molar-refractivity contribution in [3.63, 3.8) is 0 Å². The number of carbonyl (C=O) groups excluding carboxylic acids is 2. The van der Waals surface area contributed by atoms with Gasteiger partial charge in [-0.15, -0.1) is 0 Å². The lowest BCUT2D eigenvalue weighted by Crippen LogP contribution is -2.55. The number of methoxy groups -OCH3 is 1. The SMILES string of the molecule is COc1ccc(-c2ccc(C(F)(F)F)cc2)cc1C(=O)NC(Cc1ccc(-c2ccc(C(F)(F)F)cc2)cc1)C(=O)N1CCN(C)CC1. The van der Waals surface area contributed by atoms with E-state index in [0.29, 0.717) is 54.0 Å². The average Bonchev–Trinajstić information content (AvgIpc) is 3.07. The second-order valence-corrected chi connectivity index (χ2v) is 11.6. The molecule has 48 heavy (non-hydrogen) atoms. The second-order valence-electron chi connectivity index (χ2n) is 11.6. The van der Waals surface area contributed by atoms with Crippen LogP contribution in [0.4, 0.5) is 26.3 Å². The third kappa shape index (κ3) is 8.17. The molecule has 6 nitrogen and oxygen atoms in total. The van der Waals surface area contributed by atoms with Gasteiger partial charge >= 0.3 is 12.4 Å². The molecule has 1 saturated heterocycles. The number of nitrogens with zero attached hydrogens (tertiary/aromatic N) is 2. The summed E-state index contributed by atoms with van der Waals surface area (Å²) in [6.45, 7) is 2.27. The molecule has 0 spiro atoms. The van der Waals surface area contributed by atoms with Crippen molar-refractivity contribution in [1.82, 2.24) is 15.1 Å². The van der Waals surface area contributed by atoms with Gasteiger partial charge < -0.3 is 19.9 Å². The highest BCUT2D eigenvalue weighted by Crippen LogP contribution is 2.33. The lowest BCUT2D eigenvalue weighted by Gasteiger charge is -2.35. The van der Waals surface area contributed by atoms with Crippen LogP contribution in [0.25, 0.3) is 22.3 Å². The summed E-state index contributed by atoms with van der Waals surface area (Å²) in [5.74, 6) is -0.662. The van der Waals surface area contributed by atoms with Gasteiger partial charge in [0.2, 0.25) is 5.91 Å². The van der Waals surface area contributed by atoms with Gasteiger partial charge in [0.25, 0.3) is 5.91 Å². The Morgan fingerprint density at radius 2 is 1.17 bits per heavy atom. The summed E-state index contributed by atoms with van der Waals surface area (Å²) < 4.78 is 83.7. The molecule has 2 amide bonds. The second kappa shape index (κ2) is 14.1. The Labute approximate surface area is 273 Å². The minimum Gasteiger partial charge on any atom is -0.496 e. The lowest BCUT2D eigenvalue weighted by molar-refractivity contribution is -0.138. The molecule has 252 valence electrons. The summed E-state index contributed by atoms with van der Waals surface area (Å²) in [5, 5.41) is 2.86. The van der Waals surface area contributed by atoms with Gasteiger partial charge in [0, 0.05) is 32.6 Å². The maximum atomic E-state index is 13.8. The summed E-state index contributed by atoms with van der Waals surface area (Å²) >= 11 is 0. The topological polar surface area (TPSA) is 61.9 Å². The summed E-state index contributed by atoms with van der Waals surface area (Å²) in [4.78, 5) is 31.4. The molecule has 1 N–H and O–H groups in total. The molecule has 1 aliphatic rings. The van der Waals surface area contributed by atoms with Gasteiger partial charge in [-0.3, -0.25) is 9.59 Å². The number of hydrogen-bond donors (Lipinski definition) is 1. The van der Waals surface area contributed by atoms with Gasteiger partial charge in [-0.2, -0.15) is 26.3 Å². The predicted molar refractivity (Wildman–Crippen MR) is 169 cm³/mol. The van der Waals surface area contributed by atoms with Crippen LogP contribution in [0, 0.1) is 0 Å². The van der Waals surface area contributed by atoms with Crippen LogP contribution in [-0.2, 0) is 23.6 Å². The molecule has 0 aliphatic carbocycles. The largest absolute Gasteiger partial charge is 0.496 e. The van der Waals surface area contributed by atoms with E-state index < -0.39 is 35.4 Å². The summed E-state index contributed by atoms with van der Waals surface area (Å²) in [5.41, 5.74) is 1.48. The smallest absolute Gasteiger partial charge is 0.416 e. The van der Waals surface area contributed by atoms with E-state index >= 15 is 0 Å². The third-order valence-corrected chi connectivity index (χ3v) is 8.35. The fourth-order valence-electron chi connectivity index (χ4n) is 5.52. The molecule has 1 heterocycles. The van der Waals surface area contributed by atoms with Crippen LogP contribution in [-0.4, -0.2) is 68.0 Å². The van der Waals surface area contributed by atoms with Crippen LogP contribution in [0.2, 0.25) is 0 Å². The van der Waals surface area contributed by atoms with E-state index in [1.165, 1.54) is 37.4 Å². The average molecular weight is 670 g/mol. The summed E-state index contributed by atoms with van der Waals surface area (Å²) in [6.07, 6.45) is -8.80. The number of carbonyl (C=O) groups is 2. The van der Waals surface area contributed by atoms with Gasteiger partial charge in [-0.05, 0) is 71.3 Å². The first-order valence-electron chi connectivity index (χ1n) is 15.1. The number of rotatable bonds is 8. The van der Waals surface area contributed by atoms with E-state index in [9.17, 15) is 35.9 Å². The molecule has 5 rings (SSSR count). The molecule has 1 aliphatic heterocycles. The van der Waals surface area contributed by atoms with E-state index in [1.807, 2.05) is 7.05 Å². The van der Waals surface area contributed by atoms with Crippen LogP contribution in [0.1, 0.15) is 27.0 Å². The summed E-state index contributed by atoms with van der Waals surface area (Å²) in [6, 6.07) is 20.1. The zero-order valence-electron chi connectivity index (χ0n) is 26.2. The Morgan fingerprint density at radius 3 is 1.65 bits per heavy atom. The monoisotopic (exact) mass is 669 g/mol. The molecule has 12 heteroatoms. The number of hydrogen-bond acceptors (Lipinski definition) is 4. The number of piperazine rings is 1. The van der Waals surface area contributed by atoms with Crippen molar-refractivity contribution in [2.45, 2.75) is 24.8 Å². The molecular weight excluding hydrogens is 636 g/mol. The maximum Gasteiger partial charge on any atom is 0.416 e. The molecule has 0 saturated carbocycles. The molecule has 0 bridgehead atoms. The van der Waals surface area contributed by atoms with Crippen molar-refractivity contribution >= 4 is 11.8 Å². The van der Waals surface area contributed by atoms with E-state index in [0.717, 1.165) is 24.3 Å². The molecule has 0 aromatic heterocycles. The lowest BCUT2D eigenvalue weighted by atomic mass is 9.98. The van der Waals surface area contributed by atoms with E-state index in [2.05, 4.69) is 10.2 Å². The number of alkyl halides is 6. The van der Waals surface area contributed by atoms with Crippen LogP contribution in [0.5, 0.6) is 5.75 Å². The predicted octanol–water partition coefficient (Wildman–Crippen LogP) is 7.18. The number of likely N-dealkylation sites (N-methyl/N-ethyl adjacent to an activating group) is 1. The quantitative estimate of drug-likeness (QED) is 0.202. The zero-order chi connectivity index (χ0) is 34.6. The molecule has 0 radical (unpaired) electrons. The fourth-order valence-corrected chi connectivity index (χ4v) is 5.52. The number of amides is 2. The van der Waals surface area contributed by atoms with Gasteiger partial charge in [-0.25, -0.2) is 0 Å². The van der Waals surface area contributed by atoms with Crippen molar-refractivity contribution in [1.29, 1.82) is 0 Å². The Kier molecular flexibility index (Phi) is 10.1. The maximum absolute atomic E-state index is 13.8. The fraction of sp³-hybridized carbons (Fsp3) is 0.278. The normalized spacial score (nSPS) is 14.8. The molecule has 1 atom stereocenters. The van der Waals surface area contributed by atoms with Crippen LogP contribution < -0.4 is 10.1 Å². The Bertz CT molecular complexity index is 1730. The molecule has 1 unspecified atom stereocenters. The highest BCUT2D eigenvalue weighted by molar-refractivity contribution is 6.00. The van der Waals surface area contributed by atoms with Crippen molar-refractivity contribution in [3.8, 4) is 28.0 Å². The van der Waals surface area contributed by atoms with Crippen LogP contribution >= 0.6 is 0 Å². The molecule has 4 aromatic carbocycles. The first-order valence-corrected chi connectivity index (χ1v) is 15.1. The van der Waals surface area contributed by atoms with Crippen LogP contribution in [0.15, 0.2) is 91.0 Å². The van der Waals surface area contributed by atoms with Crippen molar-refractivity contribution in [2.75, 3.05) is 40.3 Å². The minimum absolute atomic E-state index is 0.101.